The number of hydrogen-bond donors (Lipinski definition) is 1. The molecule has 6 heteroatoms. The highest BCUT2D eigenvalue weighted by atomic mass is 32.2. The monoisotopic (exact) mass is 360 g/mol. The third kappa shape index (κ3) is 4.82. The van der Waals surface area contributed by atoms with E-state index in [9.17, 15) is 13.2 Å². The van der Waals surface area contributed by atoms with Gasteiger partial charge in [0.1, 0.15) is 6.04 Å². The number of anilines is 2. The van der Waals surface area contributed by atoms with Crippen LogP contribution in [-0.4, -0.2) is 26.6 Å². The molecule has 1 N–H and O–H groups in total. The summed E-state index contributed by atoms with van der Waals surface area (Å²) >= 11 is 0. The highest BCUT2D eigenvalue weighted by Crippen LogP contribution is 2.22. The molecule has 0 saturated heterocycles. The van der Waals surface area contributed by atoms with Crippen molar-refractivity contribution in [3.05, 3.63) is 59.7 Å². The maximum Gasteiger partial charge on any atom is 0.247 e. The summed E-state index contributed by atoms with van der Waals surface area (Å²) < 4.78 is 25.6. The normalized spacial score (nSPS) is 12.5. The predicted octanol–water partition coefficient (Wildman–Crippen LogP) is 3.35. The van der Waals surface area contributed by atoms with Gasteiger partial charge < -0.3 is 5.32 Å². The first kappa shape index (κ1) is 19.0. The first-order chi connectivity index (χ1) is 11.7. The van der Waals surface area contributed by atoms with Gasteiger partial charge >= 0.3 is 0 Å². The standard InChI is InChI=1S/C19H24N2O3S/c1-5-16-8-10-17(11-9-16)20-19(22)15(3)21(25(4,23)24)18-12-6-14(2)7-13-18/h6-13,15H,5H2,1-4H3,(H,20,22)/t15-/m1/s1. The second kappa shape index (κ2) is 7.70. The lowest BCUT2D eigenvalue weighted by molar-refractivity contribution is -0.116. The molecule has 0 heterocycles. The molecule has 134 valence electrons. The molecule has 2 rings (SSSR count). The van der Waals surface area contributed by atoms with E-state index in [0.29, 0.717) is 11.4 Å². The summed E-state index contributed by atoms with van der Waals surface area (Å²) in [7, 11) is -3.61. The number of aryl methyl sites for hydroxylation is 2. The zero-order valence-corrected chi connectivity index (χ0v) is 15.8. The summed E-state index contributed by atoms with van der Waals surface area (Å²) in [5.74, 6) is -0.379. The van der Waals surface area contributed by atoms with Crippen molar-refractivity contribution in [2.24, 2.45) is 0 Å². The van der Waals surface area contributed by atoms with Gasteiger partial charge in [-0.15, -0.1) is 0 Å². The summed E-state index contributed by atoms with van der Waals surface area (Å²) in [5, 5.41) is 2.78. The van der Waals surface area contributed by atoms with Crippen LogP contribution in [0.1, 0.15) is 25.0 Å². The molecule has 0 radical (unpaired) electrons. The van der Waals surface area contributed by atoms with Gasteiger partial charge in [0, 0.05) is 5.69 Å². The molecule has 0 fully saturated rings. The molecular weight excluding hydrogens is 336 g/mol. The molecule has 25 heavy (non-hydrogen) atoms. The Kier molecular flexibility index (Phi) is 5.85. The lowest BCUT2D eigenvalue weighted by Gasteiger charge is -2.28. The molecule has 0 saturated carbocycles. The minimum Gasteiger partial charge on any atom is -0.324 e. The number of sulfonamides is 1. The smallest absolute Gasteiger partial charge is 0.247 e. The molecule has 2 aromatic carbocycles. The number of amides is 1. The van der Waals surface area contributed by atoms with Crippen molar-refractivity contribution in [3.63, 3.8) is 0 Å². The lowest BCUT2D eigenvalue weighted by atomic mass is 10.1. The highest BCUT2D eigenvalue weighted by molar-refractivity contribution is 7.92. The summed E-state index contributed by atoms with van der Waals surface area (Å²) in [6.07, 6.45) is 2.02. The van der Waals surface area contributed by atoms with Crippen molar-refractivity contribution >= 4 is 27.3 Å². The Morgan fingerprint density at radius 2 is 1.64 bits per heavy atom. The fraction of sp³-hybridized carbons (Fsp3) is 0.316. The van der Waals surface area contributed by atoms with Gasteiger partial charge in [-0.05, 0) is 50.1 Å². The number of rotatable bonds is 6. The molecule has 0 aliphatic carbocycles. The van der Waals surface area contributed by atoms with Gasteiger partial charge in [-0.3, -0.25) is 9.10 Å². The molecular formula is C19H24N2O3S. The van der Waals surface area contributed by atoms with Gasteiger partial charge in [0.2, 0.25) is 15.9 Å². The Morgan fingerprint density at radius 1 is 1.08 bits per heavy atom. The first-order valence-electron chi connectivity index (χ1n) is 8.18. The van der Waals surface area contributed by atoms with Crippen molar-refractivity contribution in [2.75, 3.05) is 15.9 Å². The van der Waals surface area contributed by atoms with Crippen LogP contribution in [0.2, 0.25) is 0 Å². The first-order valence-corrected chi connectivity index (χ1v) is 10.0. The maximum absolute atomic E-state index is 12.6. The fourth-order valence-electron chi connectivity index (χ4n) is 2.57. The van der Waals surface area contributed by atoms with E-state index in [1.165, 1.54) is 5.56 Å². The minimum absolute atomic E-state index is 0.379. The third-order valence-electron chi connectivity index (χ3n) is 4.01. The molecule has 0 aromatic heterocycles. The van der Waals surface area contributed by atoms with E-state index in [2.05, 4.69) is 12.2 Å². The number of carbonyl (C=O) groups is 1. The van der Waals surface area contributed by atoms with Crippen molar-refractivity contribution in [1.29, 1.82) is 0 Å². The Morgan fingerprint density at radius 3 is 2.12 bits per heavy atom. The van der Waals surface area contributed by atoms with E-state index in [1.807, 2.05) is 43.3 Å². The van der Waals surface area contributed by atoms with Gasteiger partial charge in [0.15, 0.2) is 0 Å². The Balaban J connectivity index is 2.24. The minimum atomic E-state index is -3.61. The van der Waals surface area contributed by atoms with Crippen LogP contribution in [0, 0.1) is 6.92 Å². The quantitative estimate of drug-likeness (QED) is 0.859. The van der Waals surface area contributed by atoms with Crippen LogP contribution in [0.15, 0.2) is 48.5 Å². The van der Waals surface area contributed by atoms with E-state index in [0.717, 1.165) is 22.5 Å². The van der Waals surface area contributed by atoms with Crippen molar-refractivity contribution in [1.82, 2.24) is 0 Å². The van der Waals surface area contributed by atoms with Crippen LogP contribution in [0.5, 0.6) is 0 Å². The number of benzene rings is 2. The van der Waals surface area contributed by atoms with Crippen LogP contribution in [0.4, 0.5) is 11.4 Å². The Hall–Kier alpha value is -2.34. The molecule has 1 atom stereocenters. The largest absolute Gasteiger partial charge is 0.324 e. The molecule has 0 bridgehead atoms. The van der Waals surface area contributed by atoms with Crippen LogP contribution < -0.4 is 9.62 Å². The average molecular weight is 360 g/mol. The Bertz CT molecular complexity index is 828. The van der Waals surface area contributed by atoms with Gasteiger partial charge in [-0.25, -0.2) is 8.42 Å². The van der Waals surface area contributed by atoms with Crippen molar-refractivity contribution < 1.29 is 13.2 Å². The SMILES string of the molecule is CCc1ccc(NC(=O)[C@@H](C)N(c2ccc(C)cc2)S(C)(=O)=O)cc1. The van der Waals surface area contributed by atoms with Gasteiger partial charge in [0.05, 0.1) is 11.9 Å². The molecule has 0 unspecified atom stereocenters. The Labute approximate surface area is 149 Å². The second-order valence-electron chi connectivity index (χ2n) is 6.11. The van der Waals surface area contributed by atoms with E-state index >= 15 is 0 Å². The van der Waals surface area contributed by atoms with Gasteiger partial charge in [-0.1, -0.05) is 36.8 Å². The highest BCUT2D eigenvalue weighted by Gasteiger charge is 2.29. The fourth-order valence-corrected chi connectivity index (χ4v) is 3.75. The van der Waals surface area contributed by atoms with Crippen LogP contribution in [-0.2, 0) is 21.2 Å². The van der Waals surface area contributed by atoms with Crippen LogP contribution in [0.25, 0.3) is 0 Å². The van der Waals surface area contributed by atoms with Crippen LogP contribution >= 0.6 is 0 Å². The zero-order chi connectivity index (χ0) is 18.6. The molecule has 2 aromatic rings. The third-order valence-corrected chi connectivity index (χ3v) is 5.25. The molecule has 5 nitrogen and oxygen atoms in total. The van der Waals surface area contributed by atoms with E-state index in [1.54, 1.807) is 19.1 Å². The second-order valence-corrected chi connectivity index (χ2v) is 7.97. The summed E-state index contributed by atoms with van der Waals surface area (Å²) in [5.41, 5.74) is 3.30. The molecule has 0 aliphatic heterocycles. The molecule has 0 aliphatic rings. The number of nitrogens with one attached hydrogen (secondary N) is 1. The van der Waals surface area contributed by atoms with E-state index in [4.69, 9.17) is 0 Å². The van der Waals surface area contributed by atoms with E-state index in [-0.39, 0.29) is 5.91 Å². The zero-order valence-electron chi connectivity index (χ0n) is 15.0. The molecule has 1 amide bonds. The van der Waals surface area contributed by atoms with Gasteiger partial charge in [0.25, 0.3) is 0 Å². The summed E-state index contributed by atoms with van der Waals surface area (Å²) in [6.45, 7) is 5.56. The van der Waals surface area contributed by atoms with Gasteiger partial charge in [-0.2, -0.15) is 0 Å². The maximum atomic E-state index is 12.6. The summed E-state index contributed by atoms with van der Waals surface area (Å²) in [4.78, 5) is 12.6. The predicted molar refractivity (Wildman–Crippen MR) is 102 cm³/mol. The van der Waals surface area contributed by atoms with E-state index < -0.39 is 16.1 Å². The topological polar surface area (TPSA) is 66.5 Å². The average Bonchev–Trinajstić information content (AvgIpc) is 2.56. The van der Waals surface area contributed by atoms with Crippen LogP contribution in [0.3, 0.4) is 0 Å². The van der Waals surface area contributed by atoms with Crippen molar-refractivity contribution in [3.8, 4) is 0 Å². The van der Waals surface area contributed by atoms with Crippen molar-refractivity contribution in [2.45, 2.75) is 33.2 Å². The lowest BCUT2D eigenvalue weighted by Crippen LogP contribution is -2.45. The molecule has 0 spiro atoms. The summed E-state index contributed by atoms with van der Waals surface area (Å²) in [6, 6.07) is 13.7. The number of hydrogen-bond acceptors (Lipinski definition) is 3. The number of carbonyl (C=O) groups excluding carboxylic acids is 1. The number of nitrogens with zero attached hydrogens (tertiary/aromatic N) is 1.